The largest absolute Gasteiger partial charge is 0.310 e. The highest BCUT2D eigenvalue weighted by Crippen LogP contribution is 2.46. The van der Waals surface area contributed by atoms with Crippen molar-refractivity contribution in [3.05, 3.63) is 158 Å². The number of rotatable bonds is 4. The van der Waals surface area contributed by atoms with Crippen LogP contribution in [0.15, 0.2) is 158 Å². The number of aromatic nitrogens is 1. The van der Waals surface area contributed by atoms with E-state index in [2.05, 4.69) is 167 Å². The molecule has 0 aliphatic heterocycles. The van der Waals surface area contributed by atoms with Crippen LogP contribution in [-0.4, -0.2) is 4.57 Å². The van der Waals surface area contributed by atoms with E-state index in [-0.39, 0.29) is 0 Å². The van der Waals surface area contributed by atoms with Crippen LogP contribution in [0.25, 0.3) is 59.8 Å². The second-order valence-corrected chi connectivity index (χ2v) is 11.0. The van der Waals surface area contributed by atoms with Gasteiger partial charge in [-0.05, 0) is 76.1 Å². The minimum Gasteiger partial charge on any atom is -0.310 e. The fourth-order valence-electron chi connectivity index (χ4n) is 6.93. The van der Waals surface area contributed by atoms with E-state index in [0.29, 0.717) is 0 Å². The van der Waals surface area contributed by atoms with Gasteiger partial charge in [-0.1, -0.05) is 103 Å². The summed E-state index contributed by atoms with van der Waals surface area (Å²) >= 11 is 0. The summed E-state index contributed by atoms with van der Waals surface area (Å²) in [5.74, 6) is 0. The molecule has 2 nitrogen and oxygen atoms in total. The zero-order valence-electron chi connectivity index (χ0n) is 22.9. The lowest BCUT2D eigenvalue weighted by Crippen LogP contribution is -2.10. The van der Waals surface area contributed by atoms with Gasteiger partial charge in [0.1, 0.15) is 0 Å². The molecule has 0 saturated heterocycles. The quantitative estimate of drug-likeness (QED) is 0.204. The van der Waals surface area contributed by atoms with E-state index >= 15 is 0 Å². The maximum atomic E-state index is 2.44. The van der Waals surface area contributed by atoms with Gasteiger partial charge in [0.2, 0.25) is 0 Å². The molecule has 0 aliphatic rings. The molecule has 196 valence electrons. The molecule has 0 saturated carbocycles. The standard InChI is InChI=1S/C40H26N2/c1-4-12-29(13-5-1)41(30-14-6-2-7-15-30)37-25-22-27-20-21-28-26-35-32-18-10-11-19-36(32)42(31-16-8-3-9-17-31)40(35)34-24-23-33(37)38(27)39(28)34/h1-26H. The molecule has 0 atom stereocenters. The minimum absolute atomic E-state index is 1.14. The number of hydrogen-bond donors (Lipinski definition) is 0. The molecule has 0 N–H and O–H groups in total. The molecule has 0 amide bonds. The van der Waals surface area contributed by atoms with Gasteiger partial charge in [-0.3, -0.25) is 0 Å². The number of hydrogen-bond acceptors (Lipinski definition) is 1. The summed E-state index contributed by atoms with van der Waals surface area (Å²) in [7, 11) is 0. The topological polar surface area (TPSA) is 8.17 Å². The van der Waals surface area contributed by atoms with E-state index in [4.69, 9.17) is 0 Å². The van der Waals surface area contributed by atoms with Gasteiger partial charge in [-0.2, -0.15) is 0 Å². The molecule has 42 heavy (non-hydrogen) atoms. The lowest BCUT2D eigenvalue weighted by molar-refractivity contribution is 1.19. The summed E-state index contributed by atoms with van der Waals surface area (Å²) in [5, 5.41) is 10.3. The minimum atomic E-state index is 1.14. The van der Waals surface area contributed by atoms with E-state index in [1.165, 1.54) is 65.5 Å². The Morgan fingerprint density at radius 2 is 0.976 bits per heavy atom. The molecule has 1 aromatic heterocycles. The number of anilines is 3. The summed E-state index contributed by atoms with van der Waals surface area (Å²) in [5.41, 5.74) is 7.14. The maximum Gasteiger partial charge on any atom is 0.0620 e. The summed E-state index contributed by atoms with van der Waals surface area (Å²) in [6, 6.07) is 57.1. The highest BCUT2D eigenvalue weighted by Gasteiger charge is 2.21. The predicted octanol–water partition coefficient (Wildman–Crippen LogP) is 11.2. The first kappa shape index (κ1) is 23.1. The van der Waals surface area contributed by atoms with Gasteiger partial charge < -0.3 is 9.47 Å². The second-order valence-electron chi connectivity index (χ2n) is 11.0. The molecule has 0 fully saturated rings. The fraction of sp³-hybridized carbons (Fsp3) is 0. The molecule has 0 unspecified atom stereocenters. The third kappa shape index (κ3) is 3.27. The van der Waals surface area contributed by atoms with Crippen molar-refractivity contribution in [1.29, 1.82) is 0 Å². The Morgan fingerprint density at radius 1 is 0.405 bits per heavy atom. The Labute approximate surface area is 243 Å². The third-order valence-electron chi connectivity index (χ3n) is 8.67. The molecular weight excluding hydrogens is 508 g/mol. The van der Waals surface area contributed by atoms with Crippen LogP contribution in [0, 0.1) is 0 Å². The Bertz CT molecular complexity index is 2350. The van der Waals surface area contributed by atoms with Crippen molar-refractivity contribution in [2.24, 2.45) is 0 Å². The molecule has 0 radical (unpaired) electrons. The first-order chi connectivity index (χ1) is 20.9. The van der Waals surface area contributed by atoms with Crippen LogP contribution < -0.4 is 4.90 Å². The second kappa shape index (κ2) is 8.95. The molecule has 1 heterocycles. The molecule has 9 aromatic rings. The van der Waals surface area contributed by atoms with Crippen LogP contribution >= 0.6 is 0 Å². The van der Waals surface area contributed by atoms with Crippen molar-refractivity contribution in [3.8, 4) is 5.69 Å². The normalized spacial score (nSPS) is 11.8. The lowest BCUT2D eigenvalue weighted by atomic mass is 9.91. The maximum absolute atomic E-state index is 2.44. The Balaban J connectivity index is 1.43. The van der Waals surface area contributed by atoms with Gasteiger partial charge in [0.25, 0.3) is 0 Å². The average molecular weight is 535 g/mol. The highest BCUT2D eigenvalue weighted by molar-refractivity contribution is 6.33. The van der Waals surface area contributed by atoms with Gasteiger partial charge >= 0.3 is 0 Å². The van der Waals surface area contributed by atoms with Crippen LogP contribution in [0.3, 0.4) is 0 Å². The monoisotopic (exact) mass is 534 g/mol. The molecule has 2 heteroatoms. The van der Waals surface area contributed by atoms with Crippen LogP contribution in [-0.2, 0) is 0 Å². The van der Waals surface area contributed by atoms with Crippen LogP contribution in [0.2, 0.25) is 0 Å². The average Bonchev–Trinajstić information content (AvgIpc) is 3.40. The number of fused-ring (bicyclic) bond motifs is 4. The molecule has 0 aliphatic carbocycles. The van der Waals surface area contributed by atoms with Gasteiger partial charge in [0.05, 0.1) is 16.7 Å². The number of nitrogens with zero attached hydrogens (tertiary/aromatic N) is 2. The summed E-state index contributed by atoms with van der Waals surface area (Å²) in [4.78, 5) is 2.38. The Kier molecular flexibility index (Phi) is 4.93. The van der Waals surface area contributed by atoms with Crippen molar-refractivity contribution >= 4 is 71.2 Å². The van der Waals surface area contributed by atoms with Crippen LogP contribution in [0.4, 0.5) is 17.1 Å². The van der Waals surface area contributed by atoms with Crippen molar-refractivity contribution < 1.29 is 0 Å². The summed E-state index contributed by atoms with van der Waals surface area (Å²) in [6.45, 7) is 0. The van der Waals surface area contributed by atoms with Crippen LogP contribution in [0.1, 0.15) is 0 Å². The van der Waals surface area contributed by atoms with Gasteiger partial charge in [0, 0.05) is 38.6 Å². The Morgan fingerprint density at radius 3 is 1.71 bits per heavy atom. The lowest BCUT2D eigenvalue weighted by Gasteiger charge is -2.27. The molecule has 9 rings (SSSR count). The van der Waals surface area contributed by atoms with E-state index < -0.39 is 0 Å². The van der Waals surface area contributed by atoms with E-state index in [1.54, 1.807) is 0 Å². The predicted molar refractivity (Wildman–Crippen MR) is 179 cm³/mol. The zero-order chi connectivity index (χ0) is 27.6. The molecule has 8 aromatic carbocycles. The molecule has 0 bridgehead atoms. The smallest absolute Gasteiger partial charge is 0.0620 e. The van der Waals surface area contributed by atoms with Gasteiger partial charge in [-0.25, -0.2) is 0 Å². The van der Waals surface area contributed by atoms with Crippen molar-refractivity contribution in [2.75, 3.05) is 4.90 Å². The SMILES string of the molecule is c1ccc(N(c2ccccc2)c2ccc3ccc4cc5c6ccccc6n(-c6ccccc6)c5c5ccc2c3c45)cc1. The zero-order valence-corrected chi connectivity index (χ0v) is 22.9. The number of para-hydroxylation sites is 4. The highest BCUT2D eigenvalue weighted by atomic mass is 15.1. The Hall–Kier alpha value is -5.60. The van der Waals surface area contributed by atoms with Gasteiger partial charge in [0.15, 0.2) is 0 Å². The van der Waals surface area contributed by atoms with Crippen LogP contribution in [0.5, 0.6) is 0 Å². The van der Waals surface area contributed by atoms with E-state index in [9.17, 15) is 0 Å². The first-order valence-electron chi connectivity index (χ1n) is 14.5. The third-order valence-corrected chi connectivity index (χ3v) is 8.67. The fourth-order valence-corrected chi connectivity index (χ4v) is 6.93. The van der Waals surface area contributed by atoms with Crippen molar-refractivity contribution in [2.45, 2.75) is 0 Å². The van der Waals surface area contributed by atoms with E-state index in [0.717, 1.165) is 11.4 Å². The van der Waals surface area contributed by atoms with Gasteiger partial charge in [-0.15, -0.1) is 0 Å². The molecule has 0 spiro atoms. The van der Waals surface area contributed by atoms with E-state index in [1.807, 2.05) is 0 Å². The van der Waals surface area contributed by atoms with Crippen molar-refractivity contribution in [1.82, 2.24) is 4.57 Å². The number of benzene rings is 8. The molecular formula is C40H26N2. The summed E-state index contributed by atoms with van der Waals surface area (Å²) < 4.78 is 2.44. The first-order valence-corrected chi connectivity index (χ1v) is 14.5. The van der Waals surface area contributed by atoms with Crippen molar-refractivity contribution in [3.63, 3.8) is 0 Å². The summed E-state index contributed by atoms with van der Waals surface area (Å²) in [6.07, 6.45) is 0.